The second-order valence-corrected chi connectivity index (χ2v) is 6.67. The molecule has 0 spiro atoms. The maximum Gasteiger partial charge on any atom is 0.251 e. The Hall–Kier alpha value is -2.64. The van der Waals surface area contributed by atoms with Gasteiger partial charge in [0.25, 0.3) is 5.91 Å². The molecule has 2 aliphatic rings. The highest BCUT2D eigenvalue weighted by molar-refractivity contribution is 5.96. The fourth-order valence-electron chi connectivity index (χ4n) is 3.99. The van der Waals surface area contributed by atoms with Gasteiger partial charge in [-0.25, -0.2) is 0 Å². The van der Waals surface area contributed by atoms with E-state index < -0.39 is 0 Å². The van der Waals surface area contributed by atoms with E-state index in [-0.39, 0.29) is 5.91 Å². The van der Waals surface area contributed by atoms with Crippen molar-refractivity contribution < 1.29 is 4.79 Å². The number of hydrogen-bond acceptors (Lipinski definition) is 3. The molecule has 2 aromatic carbocycles. The zero-order chi connectivity index (χ0) is 16.5. The molecular weight excluding hydrogens is 298 g/mol. The van der Waals surface area contributed by atoms with E-state index in [9.17, 15) is 4.79 Å². The summed E-state index contributed by atoms with van der Waals surface area (Å²) in [7, 11) is 0. The number of nitriles is 1. The molecule has 2 heterocycles. The van der Waals surface area contributed by atoms with Crippen molar-refractivity contribution in [2.24, 2.45) is 5.92 Å². The van der Waals surface area contributed by atoms with E-state index in [2.05, 4.69) is 28.4 Å². The number of amides is 1. The summed E-state index contributed by atoms with van der Waals surface area (Å²) in [6, 6.07) is 18.0. The molecular formula is C20H19N3O. The molecule has 2 aromatic rings. The molecule has 1 N–H and O–H groups in total. The lowest BCUT2D eigenvalue weighted by atomic mass is 9.87. The molecule has 24 heavy (non-hydrogen) atoms. The SMILES string of the molecule is N#Cc1cccc(CN2CC3CNC(=O)c4ccccc4C3C2)c1. The van der Waals surface area contributed by atoms with Crippen LogP contribution in [0.4, 0.5) is 0 Å². The molecule has 0 radical (unpaired) electrons. The lowest BCUT2D eigenvalue weighted by Crippen LogP contribution is -2.29. The molecule has 1 saturated heterocycles. The Labute approximate surface area is 141 Å². The van der Waals surface area contributed by atoms with Crippen LogP contribution in [0.5, 0.6) is 0 Å². The van der Waals surface area contributed by atoms with E-state index >= 15 is 0 Å². The van der Waals surface area contributed by atoms with E-state index in [0.29, 0.717) is 17.4 Å². The van der Waals surface area contributed by atoms with Crippen molar-refractivity contribution in [2.75, 3.05) is 19.6 Å². The van der Waals surface area contributed by atoms with E-state index in [0.717, 1.165) is 31.7 Å². The first-order chi connectivity index (χ1) is 11.7. The summed E-state index contributed by atoms with van der Waals surface area (Å²) in [5.74, 6) is 0.879. The first-order valence-corrected chi connectivity index (χ1v) is 8.33. The molecule has 4 rings (SSSR count). The summed E-state index contributed by atoms with van der Waals surface area (Å²) in [6.07, 6.45) is 0. The predicted octanol–water partition coefficient (Wildman–Crippen LogP) is 2.52. The Balaban J connectivity index is 1.57. The number of hydrogen-bond donors (Lipinski definition) is 1. The smallest absolute Gasteiger partial charge is 0.251 e. The fraction of sp³-hybridized carbons (Fsp3) is 0.300. The van der Waals surface area contributed by atoms with Crippen molar-refractivity contribution in [3.05, 3.63) is 70.8 Å². The van der Waals surface area contributed by atoms with Crippen LogP contribution < -0.4 is 5.32 Å². The van der Waals surface area contributed by atoms with Crippen molar-refractivity contribution in [2.45, 2.75) is 12.5 Å². The van der Waals surface area contributed by atoms with Gasteiger partial charge in [-0.1, -0.05) is 30.3 Å². The van der Waals surface area contributed by atoms with Crippen LogP contribution in [0.3, 0.4) is 0 Å². The molecule has 0 aliphatic carbocycles. The van der Waals surface area contributed by atoms with E-state index in [4.69, 9.17) is 5.26 Å². The normalized spacial score (nSPS) is 22.9. The summed E-state index contributed by atoms with van der Waals surface area (Å²) in [5, 5.41) is 12.1. The fourth-order valence-corrected chi connectivity index (χ4v) is 3.99. The van der Waals surface area contributed by atoms with E-state index in [1.165, 1.54) is 11.1 Å². The van der Waals surface area contributed by atoms with Crippen LogP contribution >= 0.6 is 0 Å². The van der Waals surface area contributed by atoms with Crippen LogP contribution in [-0.4, -0.2) is 30.4 Å². The molecule has 120 valence electrons. The first kappa shape index (κ1) is 14.9. The number of fused-ring (bicyclic) bond motifs is 3. The van der Waals surface area contributed by atoms with Crippen LogP contribution in [0.25, 0.3) is 0 Å². The average Bonchev–Trinajstić information content (AvgIpc) is 2.97. The van der Waals surface area contributed by atoms with Gasteiger partial charge in [-0.3, -0.25) is 9.69 Å². The number of nitrogens with one attached hydrogen (secondary N) is 1. The topological polar surface area (TPSA) is 56.1 Å². The quantitative estimate of drug-likeness (QED) is 0.926. The largest absolute Gasteiger partial charge is 0.352 e. The van der Waals surface area contributed by atoms with Gasteiger partial charge >= 0.3 is 0 Å². The number of benzene rings is 2. The highest BCUT2D eigenvalue weighted by Gasteiger charge is 2.37. The third kappa shape index (κ3) is 2.68. The van der Waals surface area contributed by atoms with Gasteiger partial charge in [-0.05, 0) is 35.2 Å². The maximum atomic E-state index is 12.2. The van der Waals surface area contributed by atoms with Gasteiger partial charge in [0, 0.05) is 37.7 Å². The minimum absolute atomic E-state index is 0.0493. The molecule has 1 fully saturated rings. The highest BCUT2D eigenvalue weighted by atomic mass is 16.1. The number of carbonyl (C=O) groups is 1. The Morgan fingerprint density at radius 3 is 2.92 bits per heavy atom. The van der Waals surface area contributed by atoms with Crippen molar-refractivity contribution in [3.63, 3.8) is 0 Å². The minimum Gasteiger partial charge on any atom is -0.352 e. The average molecular weight is 317 g/mol. The molecule has 4 heteroatoms. The van der Waals surface area contributed by atoms with Gasteiger partial charge in [0.1, 0.15) is 0 Å². The molecule has 2 unspecified atom stereocenters. The monoisotopic (exact) mass is 317 g/mol. The third-order valence-corrected chi connectivity index (χ3v) is 5.11. The Morgan fingerprint density at radius 2 is 2.04 bits per heavy atom. The van der Waals surface area contributed by atoms with Crippen molar-refractivity contribution >= 4 is 5.91 Å². The van der Waals surface area contributed by atoms with Crippen LogP contribution in [0.2, 0.25) is 0 Å². The third-order valence-electron chi connectivity index (χ3n) is 5.11. The lowest BCUT2D eigenvalue weighted by Gasteiger charge is -2.17. The molecule has 0 saturated carbocycles. The summed E-state index contributed by atoms with van der Waals surface area (Å²) >= 11 is 0. The number of rotatable bonds is 2. The summed E-state index contributed by atoms with van der Waals surface area (Å²) < 4.78 is 0. The van der Waals surface area contributed by atoms with Gasteiger partial charge in [0.15, 0.2) is 0 Å². The predicted molar refractivity (Wildman–Crippen MR) is 91.4 cm³/mol. The van der Waals surface area contributed by atoms with E-state index in [1.54, 1.807) is 0 Å². The highest BCUT2D eigenvalue weighted by Crippen LogP contribution is 2.36. The van der Waals surface area contributed by atoms with Gasteiger partial charge in [0.2, 0.25) is 0 Å². The summed E-state index contributed by atoms with van der Waals surface area (Å²) in [4.78, 5) is 14.7. The van der Waals surface area contributed by atoms with Crippen LogP contribution in [0, 0.1) is 17.2 Å². The number of likely N-dealkylation sites (tertiary alicyclic amines) is 1. The Bertz CT molecular complexity index is 824. The molecule has 1 amide bonds. The van der Waals surface area contributed by atoms with Gasteiger partial charge in [-0.15, -0.1) is 0 Å². The second kappa shape index (κ2) is 6.10. The number of nitrogens with zero attached hydrogens (tertiary/aromatic N) is 2. The van der Waals surface area contributed by atoms with E-state index in [1.807, 2.05) is 36.4 Å². The van der Waals surface area contributed by atoms with Crippen LogP contribution in [-0.2, 0) is 6.54 Å². The first-order valence-electron chi connectivity index (χ1n) is 8.33. The van der Waals surface area contributed by atoms with Gasteiger partial charge in [-0.2, -0.15) is 5.26 Å². The Kier molecular flexibility index (Phi) is 3.79. The molecule has 0 aromatic heterocycles. The maximum absolute atomic E-state index is 12.2. The Morgan fingerprint density at radius 1 is 1.17 bits per heavy atom. The minimum atomic E-state index is 0.0493. The summed E-state index contributed by atoms with van der Waals surface area (Å²) in [6.45, 7) is 3.50. The number of carbonyl (C=O) groups excluding carboxylic acids is 1. The standard InChI is InChI=1S/C20H19N3O/c21-9-14-4-3-5-15(8-14)11-23-12-16-10-22-20(24)18-7-2-1-6-17(18)19(16)13-23/h1-8,16,19H,10-13H2,(H,22,24). The zero-order valence-electron chi connectivity index (χ0n) is 13.4. The molecule has 2 aliphatic heterocycles. The molecule has 4 nitrogen and oxygen atoms in total. The van der Waals surface area contributed by atoms with Crippen LogP contribution in [0.15, 0.2) is 48.5 Å². The zero-order valence-corrected chi connectivity index (χ0v) is 13.4. The second-order valence-electron chi connectivity index (χ2n) is 6.67. The van der Waals surface area contributed by atoms with Crippen molar-refractivity contribution in [1.29, 1.82) is 5.26 Å². The van der Waals surface area contributed by atoms with Crippen molar-refractivity contribution in [3.8, 4) is 6.07 Å². The van der Waals surface area contributed by atoms with Gasteiger partial charge in [0.05, 0.1) is 11.6 Å². The summed E-state index contributed by atoms with van der Waals surface area (Å²) in [5.41, 5.74) is 3.87. The van der Waals surface area contributed by atoms with Crippen molar-refractivity contribution in [1.82, 2.24) is 10.2 Å². The lowest BCUT2D eigenvalue weighted by molar-refractivity contribution is 0.0951. The molecule has 0 bridgehead atoms. The van der Waals surface area contributed by atoms with Gasteiger partial charge < -0.3 is 5.32 Å². The molecule has 2 atom stereocenters. The van der Waals surface area contributed by atoms with Crippen LogP contribution in [0.1, 0.15) is 33.0 Å².